The Morgan fingerprint density at radius 2 is 1.90 bits per heavy atom. The van der Waals surface area contributed by atoms with Crippen molar-refractivity contribution in [2.45, 2.75) is 13.0 Å². The van der Waals surface area contributed by atoms with Gasteiger partial charge in [0.25, 0.3) is 5.91 Å². The summed E-state index contributed by atoms with van der Waals surface area (Å²) in [5.74, 6) is -1.66. The molecule has 1 aliphatic heterocycles. The first-order chi connectivity index (χ1) is 9.90. The number of rotatable bonds is 3. The molecule has 1 aromatic carbocycles. The number of carboxylic acids is 1. The predicted octanol–water partition coefficient (Wildman–Crippen LogP) is 1.71. The van der Waals surface area contributed by atoms with Gasteiger partial charge >= 0.3 is 5.97 Å². The topological polar surface area (TPSA) is 60.9 Å². The lowest BCUT2D eigenvalue weighted by molar-refractivity contribution is -0.143. The molecule has 1 fully saturated rings. The molecular formula is C14H16ClFN2O3. The number of aliphatic carboxylic acids is 1. The van der Waals surface area contributed by atoms with Crippen molar-refractivity contribution in [3.63, 3.8) is 0 Å². The highest BCUT2D eigenvalue weighted by atomic mass is 35.5. The molecule has 1 aromatic rings. The summed E-state index contributed by atoms with van der Waals surface area (Å²) in [5, 5.41) is 8.89. The molecule has 0 aromatic heterocycles. The lowest BCUT2D eigenvalue weighted by atomic mass is 10.1. The van der Waals surface area contributed by atoms with Crippen LogP contribution in [0.25, 0.3) is 0 Å². The summed E-state index contributed by atoms with van der Waals surface area (Å²) in [6.45, 7) is 3.48. The lowest BCUT2D eigenvalue weighted by Crippen LogP contribution is -2.53. The zero-order chi connectivity index (χ0) is 15.6. The van der Waals surface area contributed by atoms with Crippen LogP contribution in [0.4, 0.5) is 4.39 Å². The van der Waals surface area contributed by atoms with Crippen molar-refractivity contribution >= 4 is 23.5 Å². The van der Waals surface area contributed by atoms with E-state index in [1.807, 2.05) is 4.90 Å². The minimum atomic E-state index is -0.875. The molecule has 1 N–H and O–H groups in total. The zero-order valence-electron chi connectivity index (χ0n) is 11.6. The van der Waals surface area contributed by atoms with Crippen LogP contribution in [0.3, 0.4) is 0 Å². The van der Waals surface area contributed by atoms with Crippen LogP contribution in [0.5, 0.6) is 0 Å². The fourth-order valence-corrected chi connectivity index (χ4v) is 2.46. The summed E-state index contributed by atoms with van der Waals surface area (Å²) in [6.07, 6.45) is 0. The maximum atomic E-state index is 13.1. The summed E-state index contributed by atoms with van der Waals surface area (Å²) in [4.78, 5) is 26.6. The van der Waals surface area contributed by atoms with E-state index in [0.717, 1.165) is 6.07 Å². The Morgan fingerprint density at radius 3 is 2.43 bits per heavy atom. The van der Waals surface area contributed by atoms with Crippen molar-refractivity contribution in [1.29, 1.82) is 0 Å². The Morgan fingerprint density at radius 1 is 1.29 bits per heavy atom. The summed E-state index contributed by atoms with van der Waals surface area (Å²) in [6, 6.07) is 3.31. The molecule has 5 nitrogen and oxygen atoms in total. The Balaban J connectivity index is 2.00. The number of hydrogen-bond acceptors (Lipinski definition) is 3. The normalized spacial score (nSPS) is 17.6. The first kappa shape index (κ1) is 15.7. The highest BCUT2D eigenvalue weighted by Crippen LogP contribution is 2.18. The molecule has 0 aliphatic carbocycles. The van der Waals surface area contributed by atoms with Gasteiger partial charge in [0.2, 0.25) is 0 Å². The van der Waals surface area contributed by atoms with Crippen LogP contribution in [-0.2, 0) is 4.79 Å². The van der Waals surface area contributed by atoms with Crippen molar-refractivity contribution in [3.8, 4) is 0 Å². The van der Waals surface area contributed by atoms with Gasteiger partial charge in [-0.1, -0.05) is 11.6 Å². The number of halogens is 2. The van der Waals surface area contributed by atoms with Gasteiger partial charge in [-0.25, -0.2) is 4.39 Å². The third kappa shape index (κ3) is 3.51. The summed E-state index contributed by atoms with van der Waals surface area (Å²) in [5.41, 5.74) is 0.334. The number of benzene rings is 1. The lowest BCUT2D eigenvalue weighted by Gasteiger charge is -2.36. The molecule has 1 aliphatic rings. The molecule has 1 amide bonds. The fraction of sp³-hybridized carbons (Fsp3) is 0.429. The monoisotopic (exact) mass is 314 g/mol. The zero-order valence-corrected chi connectivity index (χ0v) is 12.3. The summed E-state index contributed by atoms with van der Waals surface area (Å²) < 4.78 is 13.1. The maximum Gasteiger partial charge on any atom is 0.320 e. The van der Waals surface area contributed by atoms with Crippen LogP contribution in [0.2, 0.25) is 5.02 Å². The maximum absolute atomic E-state index is 13.1. The first-order valence-electron chi connectivity index (χ1n) is 6.61. The van der Waals surface area contributed by atoms with E-state index >= 15 is 0 Å². The third-order valence-corrected chi connectivity index (χ3v) is 3.96. The minimum absolute atomic E-state index is 0.0843. The molecule has 1 heterocycles. The molecule has 1 unspecified atom stereocenters. The van der Waals surface area contributed by atoms with Gasteiger partial charge in [0.1, 0.15) is 11.9 Å². The van der Waals surface area contributed by atoms with Gasteiger partial charge in [-0.15, -0.1) is 0 Å². The van der Waals surface area contributed by atoms with E-state index in [1.54, 1.807) is 11.8 Å². The van der Waals surface area contributed by atoms with E-state index in [1.165, 1.54) is 12.1 Å². The van der Waals surface area contributed by atoms with Crippen molar-refractivity contribution < 1.29 is 19.1 Å². The van der Waals surface area contributed by atoms with Crippen molar-refractivity contribution in [1.82, 2.24) is 9.80 Å². The second-order valence-electron chi connectivity index (χ2n) is 4.97. The number of carbonyl (C=O) groups is 2. The molecule has 114 valence electrons. The number of hydrogen-bond donors (Lipinski definition) is 1. The number of nitrogens with zero attached hydrogens (tertiary/aromatic N) is 2. The third-order valence-electron chi connectivity index (χ3n) is 3.67. The molecule has 0 bridgehead atoms. The van der Waals surface area contributed by atoms with E-state index in [9.17, 15) is 14.0 Å². The molecule has 0 saturated carbocycles. The molecule has 21 heavy (non-hydrogen) atoms. The number of carbonyl (C=O) groups excluding carboxylic acids is 1. The van der Waals surface area contributed by atoms with Gasteiger partial charge in [-0.3, -0.25) is 14.5 Å². The molecule has 7 heteroatoms. The van der Waals surface area contributed by atoms with Gasteiger partial charge < -0.3 is 10.0 Å². The number of amides is 1. The Kier molecular flexibility index (Phi) is 4.80. The quantitative estimate of drug-likeness (QED) is 0.922. The highest BCUT2D eigenvalue weighted by molar-refractivity contribution is 6.31. The number of carboxylic acid groups (broad SMARTS) is 1. The van der Waals surface area contributed by atoms with Crippen LogP contribution in [0.15, 0.2) is 18.2 Å². The van der Waals surface area contributed by atoms with Crippen LogP contribution >= 0.6 is 11.6 Å². The van der Waals surface area contributed by atoms with E-state index < -0.39 is 17.8 Å². The van der Waals surface area contributed by atoms with Crippen LogP contribution in [0, 0.1) is 5.82 Å². The highest BCUT2D eigenvalue weighted by Gasteiger charge is 2.27. The molecular weight excluding hydrogens is 299 g/mol. The van der Waals surface area contributed by atoms with E-state index in [4.69, 9.17) is 16.7 Å². The van der Waals surface area contributed by atoms with Crippen molar-refractivity contribution in [2.24, 2.45) is 0 Å². The first-order valence-corrected chi connectivity index (χ1v) is 6.99. The molecule has 0 radical (unpaired) electrons. The van der Waals surface area contributed by atoms with E-state index in [0.29, 0.717) is 31.7 Å². The molecule has 0 spiro atoms. The van der Waals surface area contributed by atoms with E-state index in [2.05, 4.69) is 0 Å². The van der Waals surface area contributed by atoms with Gasteiger partial charge in [-0.05, 0) is 25.1 Å². The van der Waals surface area contributed by atoms with Gasteiger partial charge in [0, 0.05) is 31.7 Å². The van der Waals surface area contributed by atoms with Crippen LogP contribution in [0.1, 0.15) is 17.3 Å². The van der Waals surface area contributed by atoms with E-state index in [-0.39, 0.29) is 10.9 Å². The Bertz CT molecular complexity index is 559. The Hall–Kier alpha value is -1.66. The summed E-state index contributed by atoms with van der Waals surface area (Å²) >= 11 is 5.68. The smallest absolute Gasteiger partial charge is 0.320 e. The average molecular weight is 315 g/mol. The summed E-state index contributed by atoms with van der Waals surface area (Å²) in [7, 11) is 0. The fourth-order valence-electron chi connectivity index (χ4n) is 2.28. The largest absolute Gasteiger partial charge is 0.480 e. The SMILES string of the molecule is CC(C(=O)O)N1CCN(C(=O)c2ccc(F)c(Cl)c2)CC1. The van der Waals surface area contributed by atoms with Crippen molar-refractivity contribution in [2.75, 3.05) is 26.2 Å². The average Bonchev–Trinajstić information content (AvgIpc) is 2.48. The minimum Gasteiger partial charge on any atom is -0.480 e. The molecule has 1 saturated heterocycles. The molecule has 2 rings (SSSR count). The van der Waals surface area contributed by atoms with Gasteiger partial charge in [-0.2, -0.15) is 0 Å². The van der Waals surface area contributed by atoms with Crippen LogP contribution < -0.4 is 0 Å². The predicted molar refractivity (Wildman–Crippen MR) is 76.0 cm³/mol. The van der Waals surface area contributed by atoms with Gasteiger partial charge in [0.05, 0.1) is 5.02 Å². The molecule has 1 atom stereocenters. The Labute approximate surface area is 126 Å². The van der Waals surface area contributed by atoms with Crippen LogP contribution in [-0.4, -0.2) is 59.0 Å². The second-order valence-corrected chi connectivity index (χ2v) is 5.38. The standard InChI is InChI=1S/C14H16ClFN2O3/c1-9(14(20)21)17-4-6-18(7-5-17)13(19)10-2-3-12(16)11(15)8-10/h2-3,8-9H,4-7H2,1H3,(H,20,21). The second kappa shape index (κ2) is 6.41. The van der Waals surface area contributed by atoms with Gasteiger partial charge in [0.15, 0.2) is 0 Å². The van der Waals surface area contributed by atoms with Crippen molar-refractivity contribution in [3.05, 3.63) is 34.6 Å². The number of piperazine rings is 1.